The monoisotopic (exact) mass is 256 g/mol. The summed E-state index contributed by atoms with van der Waals surface area (Å²) in [5.41, 5.74) is 2.77. The Balaban J connectivity index is 2.00. The van der Waals surface area contributed by atoms with E-state index in [2.05, 4.69) is 20.5 Å². The van der Waals surface area contributed by atoms with Gasteiger partial charge in [-0.15, -0.1) is 10.2 Å². The molecule has 0 atom stereocenters. The molecule has 0 saturated carbocycles. The Labute approximate surface area is 108 Å². The van der Waals surface area contributed by atoms with Crippen molar-refractivity contribution in [3.8, 4) is 11.3 Å². The molecule has 0 unspecified atom stereocenters. The molecule has 0 bridgehead atoms. The zero-order valence-corrected chi connectivity index (χ0v) is 10.3. The summed E-state index contributed by atoms with van der Waals surface area (Å²) in [4.78, 5) is 13.7. The van der Waals surface area contributed by atoms with E-state index in [0.717, 1.165) is 23.6 Å². The highest BCUT2D eigenvalue weighted by Crippen LogP contribution is 2.21. The van der Waals surface area contributed by atoms with E-state index < -0.39 is 5.76 Å². The van der Waals surface area contributed by atoms with Crippen LogP contribution in [0.2, 0.25) is 0 Å². The zero-order chi connectivity index (χ0) is 13.2. The molecule has 0 aliphatic carbocycles. The second kappa shape index (κ2) is 4.56. The lowest BCUT2D eigenvalue weighted by Gasteiger charge is -2.03. The molecule has 0 aliphatic rings. The van der Waals surface area contributed by atoms with Crippen LogP contribution in [-0.4, -0.2) is 21.7 Å². The van der Waals surface area contributed by atoms with Gasteiger partial charge in [0.1, 0.15) is 5.82 Å². The lowest BCUT2D eigenvalue weighted by atomic mass is 10.1. The van der Waals surface area contributed by atoms with Crippen molar-refractivity contribution in [1.29, 1.82) is 0 Å². The highest BCUT2D eigenvalue weighted by atomic mass is 16.4. The summed E-state index contributed by atoms with van der Waals surface area (Å²) in [6, 6.07) is 9.16. The molecule has 3 rings (SSSR count). The molecule has 19 heavy (non-hydrogen) atoms. The topological polar surface area (TPSA) is 83.8 Å². The standard InChI is InChI=1S/C13H12N4O2/c1-2-14-12-6-5-9(16-17-12)8-3-4-10-11(7-8)19-13(18)15-10/h3-7H,2H2,1H3,(H,14,17)(H,15,18). The van der Waals surface area contributed by atoms with Gasteiger partial charge in [-0.2, -0.15) is 0 Å². The first-order valence-electron chi connectivity index (χ1n) is 5.97. The number of aromatic nitrogens is 3. The number of rotatable bonds is 3. The molecule has 6 heteroatoms. The summed E-state index contributed by atoms with van der Waals surface area (Å²) in [6.07, 6.45) is 0. The Hall–Kier alpha value is -2.63. The Morgan fingerprint density at radius 2 is 2.16 bits per heavy atom. The molecule has 0 spiro atoms. The van der Waals surface area contributed by atoms with Gasteiger partial charge in [-0.3, -0.25) is 4.98 Å². The fraction of sp³-hybridized carbons (Fsp3) is 0.154. The second-order valence-electron chi connectivity index (χ2n) is 4.06. The average molecular weight is 256 g/mol. The van der Waals surface area contributed by atoms with Crippen LogP contribution in [0.4, 0.5) is 5.82 Å². The number of hydrogen-bond acceptors (Lipinski definition) is 5. The van der Waals surface area contributed by atoms with E-state index in [0.29, 0.717) is 11.1 Å². The molecule has 3 aromatic rings. The highest BCUT2D eigenvalue weighted by molar-refractivity contribution is 5.78. The molecule has 1 aromatic carbocycles. The summed E-state index contributed by atoms with van der Waals surface area (Å²) in [7, 11) is 0. The number of H-pyrrole nitrogens is 1. The molecule has 96 valence electrons. The van der Waals surface area contributed by atoms with Gasteiger partial charge in [-0.25, -0.2) is 4.79 Å². The molecular weight excluding hydrogens is 244 g/mol. The maximum Gasteiger partial charge on any atom is 0.417 e. The van der Waals surface area contributed by atoms with E-state index in [1.165, 1.54) is 0 Å². The van der Waals surface area contributed by atoms with Crippen molar-refractivity contribution in [1.82, 2.24) is 15.2 Å². The summed E-state index contributed by atoms with van der Waals surface area (Å²) in [6.45, 7) is 2.80. The summed E-state index contributed by atoms with van der Waals surface area (Å²) < 4.78 is 5.02. The molecule has 6 nitrogen and oxygen atoms in total. The van der Waals surface area contributed by atoms with Crippen LogP contribution in [0.25, 0.3) is 22.4 Å². The number of nitrogens with zero attached hydrogens (tertiary/aromatic N) is 2. The molecule has 0 aliphatic heterocycles. The molecular formula is C13H12N4O2. The van der Waals surface area contributed by atoms with Crippen molar-refractivity contribution < 1.29 is 4.42 Å². The first-order valence-corrected chi connectivity index (χ1v) is 5.97. The Morgan fingerprint density at radius 1 is 1.26 bits per heavy atom. The van der Waals surface area contributed by atoms with E-state index in [-0.39, 0.29) is 0 Å². The quantitative estimate of drug-likeness (QED) is 0.748. The molecule has 2 heterocycles. The van der Waals surface area contributed by atoms with E-state index in [1.807, 2.05) is 25.1 Å². The van der Waals surface area contributed by atoms with Crippen LogP contribution in [0, 0.1) is 0 Å². The van der Waals surface area contributed by atoms with Gasteiger partial charge in [0.05, 0.1) is 11.2 Å². The SMILES string of the molecule is CCNc1ccc(-c2ccc3[nH]c(=O)oc3c2)nn1. The minimum atomic E-state index is -0.458. The Bertz CT molecular complexity index is 758. The van der Waals surface area contributed by atoms with Crippen LogP contribution in [0.15, 0.2) is 39.5 Å². The van der Waals surface area contributed by atoms with Crippen LogP contribution in [-0.2, 0) is 0 Å². The van der Waals surface area contributed by atoms with Gasteiger partial charge in [-0.1, -0.05) is 6.07 Å². The molecule has 2 N–H and O–H groups in total. The van der Waals surface area contributed by atoms with Crippen LogP contribution >= 0.6 is 0 Å². The van der Waals surface area contributed by atoms with Crippen molar-refractivity contribution >= 4 is 16.9 Å². The number of fused-ring (bicyclic) bond motifs is 1. The Kier molecular flexibility index (Phi) is 2.75. The lowest BCUT2D eigenvalue weighted by molar-refractivity contribution is 0.555. The van der Waals surface area contributed by atoms with Gasteiger partial charge in [0.2, 0.25) is 0 Å². The fourth-order valence-corrected chi connectivity index (χ4v) is 1.87. The van der Waals surface area contributed by atoms with E-state index in [1.54, 1.807) is 12.1 Å². The van der Waals surface area contributed by atoms with E-state index in [9.17, 15) is 4.79 Å². The van der Waals surface area contributed by atoms with Crippen LogP contribution in [0.3, 0.4) is 0 Å². The summed E-state index contributed by atoms with van der Waals surface area (Å²) in [5.74, 6) is 0.279. The second-order valence-corrected chi connectivity index (χ2v) is 4.06. The number of anilines is 1. The van der Waals surface area contributed by atoms with Crippen molar-refractivity contribution in [3.05, 3.63) is 40.9 Å². The minimum absolute atomic E-state index is 0.458. The maximum absolute atomic E-state index is 11.1. The van der Waals surface area contributed by atoms with Crippen LogP contribution < -0.4 is 11.1 Å². The largest absolute Gasteiger partial charge is 0.417 e. The molecule has 0 amide bonds. The number of oxazole rings is 1. The average Bonchev–Trinajstić information content (AvgIpc) is 2.79. The van der Waals surface area contributed by atoms with Crippen LogP contribution in [0.5, 0.6) is 0 Å². The predicted molar refractivity (Wildman–Crippen MR) is 72.0 cm³/mol. The molecule has 0 fully saturated rings. The number of aromatic amines is 1. The smallest absolute Gasteiger partial charge is 0.408 e. The highest BCUT2D eigenvalue weighted by Gasteiger charge is 2.05. The van der Waals surface area contributed by atoms with Gasteiger partial charge in [-0.05, 0) is 31.2 Å². The third-order valence-electron chi connectivity index (χ3n) is 2.74. The normalized spacial score (nSPS) is 10.8. The number of nitrogens with one attached hydrogen (secondary N) is 2. The first-order chi connectivity index (χ1) is 9.26. The van der Waals surface area contributed by atoms with Crippen molar-refractivity contribution in [2.45, 2.75) is 6.92 Å². The predicted octanol–water partition coefficient (Wildman–Crippen LogP) is 2.01. The summed E-state index contributed by atoms with van der Waals surface area (Å²) >= 11 is 0. The lowest BCUT2D eigenvalue weighted by Crippen LogP contribution is -2.00. The number of hydrogen-bond donors (Lipinski definition) is 2. The first kappa shape index (κ1) is 11.5. The van der Waals surface area contributed by atoms with Gasteiger partial charge in [0, 0.05) is 12.1 Å². The van der Waals surface area contributed by atoms with Gasteiger partial charge in [0.15, 0.2) is 5.58 Å². The third-order valence-corrected chi connectivity index (χ3v) is 2.74. The number of benzene rings is 1. The summed E-state index contributed by atoms with van der Waals surface area (Å²) in [5, 5.41) is 11.3. The van der Waals surface area contributed by atoms with Gasteiger partial charge >= 0.3 is 5.76 Å². The van der Waals surface area contributed by atoms with E-state index in [4.69, 9.17) is 4.42 Å². The fourth-order valence-electron chi connectivity index (χ4n) is 1.87. The third kappa shape index (κ3) is 2.20. The van der Waals surface area contributed by atoms with Gasteiger partial charge in [0.25, 0.3) is 0 Å². The zero-order valence-electron chi connectivity index (χ0n) is 10.3. The van der Waals surface area contributed by atoms with Gasteiger partial charge < -0.3 is 9.73 Å². The van der Waals surface area contributed by atoms with Crippen molar-refractivity contribution in [2.24, 2.45) is 0 Å². The maximum atomic E-state index is 11.1. The minimum Gasteiger partial charge on any atom is -0.408 e. The van der Waals surface area contributed by atoms with E-state index >= 15 is 0 Å². The molecule has 0 radical (unpaired) electrons. The Morgan fingerprint density at radius 3 is 2.89 bits per heavy atom. The van der Waals surface area contributed by atoms with Crippen LogP contribution in [0.1, 0.15) is 6.92 Å². The molecule has 0 saturated heterocycles. The van der Waals surface area contributed by atoms with Crippen molar-refractivity contribution in [2.75, 3.05) is 11.9 Å². The van der Waals surface area contributed by atoms with Crippen molar-refractivity contribution in [3.63, 3.8) is 0 Å². The molecule has 2 aromatic heterocycles.